The van der Waals surface area contributed by atoms with Crippen molar-refractivity contribution in [3.05, 3.63) is 29.7 Å². The second-order valence-corrected chi connectivity index (χ2v) is 7.35. The van der Waals surface area contributed by atoms with Gasteiger partial charge in [-0.3, -0.25) is 5.10 Å². The van der Waals surface area contributed by atoms with Gasteiger partial charge in [-0.05, 0) is 30.4 Å². The van der Waals surface area contributed by atoms with Gasteiger partial charge in [0.05, 0.1) is 11.9 Å². The third kappa shape index (κ3) is 2.71. The number of aromatic nitrogens is 5. The van der Waals surface area contributed by atoms with E-state index >= 15 is 0 Å². The maximum Gasteiger partial charge on any atom is 0.202 e. The zero-order valence-corrected chi connectivity index (χ0v) is 14.5. The Kier molecular flexibility index (Phi) is 3.64. The fraction of sp³-hybridized carbons (Fsp3) is 0.412. The van der Waals surface area contributed by atoms with E-state index in [2.05, 4.69) is 43.9 Å². The van der Waals surface area contributed by atoms with Crippen LogP contribution in [-0.4, -0.2) is 38.2 Å². The Hall–Kier alpha value is -2.21. The summed E-state index contributed by atoms with van der Waals surface area (Å²) in [5.41, 5.74) is 3.26. The summed E-state index contributed by atoms with van der Waals surface area (Å²) in [4.78, 5) is 15.7. The molecule has 3 aromatic rings. The molecule has 1 aliphatic heterocycles. The fourth-order valence-corrected chi connectivity index (χ4v) is 3.25. The molecule has 0 aromatic carbocycles. The standard InChI is InChI=1S/C17H19ClN6/c1-17(2)5-8-24(9-6-17)12-10-20-14-13(22-23-16(14)21-12)11-4-3-7-19-15(11)18/h3-4,7,10H,5-6,8-9H2,1-2H3,(H,21,22,23). The van der Waals surface area contributed by atoms with Crippen LogP contribution in [0.15, 0.2) is 24.5 Å². The third-order valence-corrected chi connectivity index (χ3v) is 5.02. The highest BCUT2D eigenvalue weighted by Crippen LogP contribution is 2.33. The second-order valence-electron chi connectivity index (χ2n) is 6.99. The molecule has 0 unspecified atom stereocenters. The minimum absolute atomic E-state index is 0.407. The van der Waals surface area contributed by atoms with Crippen molar-refractivity contribution in [2.24, 2.45) is 5.41 Å². The van der Waals surface area contributed by atoms with Crippen LogP contribution in [0, 0.1) is 5.41 Å². The molecule has 7 heteroatoms. The Morgan fingerprint density at radius 3 is 2.75 bits per heavy atom. The van der Waals surface area contributed by atoms with E-state index in [1.54, 1.807) is 6.20 Å². The van der Waals surface area contributed by atoms with Crippen molar-refractivity contribution in [2.45, 2.75) is 26.7 Å². The van der Waals surface area contributed by atoms with E-state index in [1.165, 1.54) is 0 Å². The van der Waals surface area contributed by atoms with Gasteiger partial charge >= 0.3 is 0 Å². The Balaban J connectivity index is 1.68. The summed E-state index contributed by atoms with van der Waals surface area (Å²) < 4.78 is 0. The molecular formula is C17H19ClN6. The fourth-order valence-electron chi connectivity index (χ4n) is 3.04. The number of aromatic amines is 1. The third-order valence-electron chi connectivity index (χ3n) is 4.72. The maximum atomic E-state index is 6.18. The van der Waals surface area contributed by atoms with Gasteiger partial charge < -0.3 is 4.90 Å². The van der Waals surface area contributed by atoms with Crippen LogP contribution in [0.4, 0.5) is 5.82 Å². The van der Waals surface area contributed by atoms with Crippen LogP contribution in [0.2, 0.25) is 5.15 Å². The van der Waals surface area contributed by atoms with Crippen LogP contribution < -0.4 is 4.90 Å². The number of H-pyrrole nitrogens is 1. The number of hydrogen-bond donors (Lipinski definition) is 1. The molecule has 0 atom stereocenters. The first-order valence-corrected chi connectivity index (χ1v) is 8.48. The Morgan fingerprint density at radius 2 is 2.00 bits per heavy atom. The quantitative estimate of drug-likeness (QED) is 0.719. The van der Waals surface area contributed by atoms with Gasteiger partial charge in [0.2, 0.25) is 5.65 Å². The summed E-state index contributed by atoms with van der Waals surface area (Å²) in [5, 5.41) is 7.73. The van der Waals surface area contributed by atoms with Crippen molar-refractivity contribution < 1.29 is 0 Å². The predicted molar refractivity (Wildman–Crippen MR) is 95.2 cm³/mol. The van der Waals surface area contributed by atoms with Crippen molar-refractivity contribution >= 4 is 28.6 Å². The predicted octanol–water partition coefficient (Wildman–Crippen LogP) is 3.69. The molecule has 4 heterocycles. The van der Waals surface area contributed by atoms with Gasteiger partial charge in [-0.2, -0.15) is 5.10 Å². The second kappa shape index (κ2) is 5.70. The molecule has 6 nitrogen and oxygen atoms in total. The van der Waals surface area contributed by atoms with Crippen molar-refractivity contribution in [2.75, 3.05) is 18.0 Å². The number of nitrogens with one attached hydrogen (secondary N) is 1. The van der Waals surface area contributed by atoms with Gasteiger partial charge in [0.15, 0.2) is 0 Å². The summed E-state index contributed by atoms with van der Waals surface area (Å²) in [6, 6.07) is 3.73. The summed E-state index contributed by atoms with van der Waals surface area (Å²) in [5.74, 6) is 0.883. The zero-order valence-electron chi connectivity index (χ0n) is 13.8. The molecule has 24 heavy (non-hydrogen) atoms. The van der Waals surface area contributed by atoms with Crippen LogP contribution in [-0.2, 0) is 0 Å². The van der Waals surface area contributed by atoms with E-state index in [0.717, 1.165) is 43.0 Å². The lowest BCUT2D eigenvalue weighted by molar-refractivity contribution is 0.279. The number of piperidine rings is 1. The van der Waals surface area contributed by atoms with Crippen LogP contribution in [0.25, 0.3) is 22.4 Å². The van der Waals surface area contributed by atoms with Crippen molar-refractivity contribution in [3.8, 4) is 11.3 Å². The van der Waals surface area contributed by atoms with Gasteiger partial charge in [-0.15, -0.1) is 0 Å². The summed E-state index contributed by atoms with van der Waals surface area (Å²) in [7, 11) is 0. The molecule has 0 bridgehead atoms. The van der Waals surface area contributed by atoms with E-state index < -0.39 is 0 Å². The number of fused-ring (bicyclic) bond motifs is 1. The highest BCUT2D eigenvalue weighted by molar-refractivity contribution is 6.32. The van der Waals surface area contributed by atoms with Gasteiger partial charge in [0, 0.05) is 24.8 Å². The Labute approximate surface area is 145 Å². The normalized spacial score (nSPS) is 17.4. The van der Waals surface area contributed by atoms with Crippen molar-refractivity contribution in [1.82, 2.24) is 25.1 Å². The molecular weight excluding hydrogens is 324 g/mol. The van der Waals surface area contributed by atoms with Crippen LogP contribution in [0.1, 0.15) is 26.7 Å². The lowest BCUT2D eigenvalue weighted by Gasteiger charge is -2.37. The molecule has 0 amide bonds. The van der Waals surface area contributed by atoms with E-state index in [-0.39, 0.29) is 0 Å². The van der Waals surface area contributed by atoms with Crippen molar-refractivity contribution in [1.29, 1.82) is 0 Å². The van der Waals surface area contributed by atoms with Gasteiger partial charge in [0.1, 0.15) is 16.5 Å². The monoisotopic (exact) mass is 342 g/mol. The number of rotatable bonds is 2. The smallest absolute Gasteiger partial charge is 0.202 e. The number of halogens is 1. The molecule has 124 valence electrons. The largest absolute Gasteiger partial charge is 0.355 e. The number of anilines is 1. The highest BCUT2D eigenvalue weighted by atomic mass is 35.5. The first-order valence-electron chi connectivity index (χ1n) is 8.10. The average Bonchev–Trinajstić information content (AvgIpc) is 2.98. The minimum atomic E-state index is 0.407. The van der Waals surface area contributed by atoms with E-state index in [0.29, 0.717) is 21.7 Å². The molecule has 1 N–H and O–H groups in total. The van der Waals surface area contributed by atoms with E-state index in [4.69, 9.17) is 11.6 Å². The van der Waals surface area contributed by atoms with Crippen LogP contribution in [0.5, 0.6) is 0 Å². The molecule has 1 fully saturated rings. The summed E-state index contributed by atoms with van der Waals surface area (Å²) >= 11 is 6.18. The van der Waals surface area contributed by atoms with E-state index in [9.17, 15) is 0 Å². The molecule has 0 aliphatic carbocycles. The summed E-state index contributed by atoms with van der Waals surface area (Å²) in [6.07, 6.45) is 5.80. The number of pyridine rings is 1. The molecule has 0 saturated carbocycles. The number of nitrogens with zero attached hydrogens (tertiary/aromatic N) is 5. The maximum absolute atomic E-state index is 6.18. The Bertz CT molecular complexity index is 878. The van der Waals surface area contributed by atoms with Crippen LogP contribution in [0.3, 0.4) is 0 Å². The highest BCUT2D eigenvalue weighted by Gasteiger charge is 2.26. The molecule has 3 aromatic heterocycles. The molecule has 4 rings (SSSR count). The molecule has 1 saturated heterocycles. The van der Waals surface area contributed by atoms with Gasteiger partial charge in [-0.1, -0.05) is 25.4 Å². The minimum Gasteiger partial charge on any atom is -0.355 e. The number of hydrogen-bond acceptors (Lipinski definition) is 5. The topological polar surface area (TPSA) is 70.6 Å². The van der Waals surface area contributed by atoms with Gasteiger partial charge in [-0.25, -0.2) is 15.0 Å². The SMILES string of the molecule is CC1(C)CCN(c2cnc3c(-c4cccnc4Cl)[nH]nc3n2)CC1. The molecule has 0 spiro atoms. The van der Waals surface area contributed by atoms with Crippen molar-refractivity contribution in [3.63, 3.8) is 0 Å². The van der Waals surface area contributed by atoms with Crippen LogP contribution >= 0.6 is 11.6 Å². The lowest BCUT2D eigenvalue weighted by Crippen LogP contribution is -2.37. The molecule has 0 radical (unpaired) electrons. The molecule has 1 aliphatic rings. The van der Waals surface area contributed by atoms with E-state index in [1.807, 2.05) is 18.3 Å². The zero-order chi connectivity index (χ0) is 16.7. The Morgan fingerprint density at radius 1 is 1.21 bits per heavy atom. The average molecular weight is 343 g/mol. The lowest BCUT2D eigenvalue weighted by atomic mass is 9.83. The first kappa shape index (κ1) is 15.3. The summed E-state index contributed by atoms with van der Waals surface area (Å²) in [6.45, 7) is 6.63. The van der Waals surface area contributed by atoms with Gasteiger partial charge in [0.25, 0.3) is 0 Å². The first-order chi connectivity index (χ1) is 11.5.